The minimum absolute atomic E-state index is 0.319. The predicted molar refractivity (Wildman–Crippen MR) is 134 cm³/mol. The molecule has 208 valence electrons. The molecule has 1 heterocycles. The van der Waals surface area contributed by atoms with Gasteiger partial charge in [-0.05, 0) is 36.7 Å². The average molecular weight is 582 g/mol. The largest absolute Gasteiger partial charge is 0.461 e. The van der Waals surface area contributed by atoms with Gasteiger partial charge < -0.3 is 43.2 Å². The van der Waals surface area contributed by atoms with E-state index in [9.17, 15) is 4.79 Å². The van der Waals surface area contributed by atoms with Gasteiger partial charge in [0.15, 0.2) is 0 Å². The Kier molecular flexibility index (Phi) is 19.3. The molecule has 0 saturated heterocycles. The van der Waals surface area contributed by atoms with Crippen LogP contribution >= 0.6 is 15.9 Å². The molecule has 0 bridgehead atoms. The summed E-state index contributed by atoms with van der Waals surface area (Å²) >= 11 is 3.26. The first-order valence-electron chi connectivity index (χ1n) is 11.9. The monoisotopic (exact) mass is 581 g/mol. The number of carbonyl (C=O) groups excluding carboxylic acids is 1. The van der Waals surface area contributed by atoms with E-state index in [1.165, 1.54) is 0 Å². The van der Waals surface area contributed by atoms with E-state index in [0.29, 0.717) is 98.4 Å². The summed E-state index contributed by atoms with van der Waals surface area (Å²) < 4.78 is 43.8. The Hall–Kier alpha value is -1.61. The van der Waals surface area contributed by atoms with Crippen LogP contribution in [0.15, 0.2) is 16.9 Å². The molecular weight excluding hydrogens is 542 g/mol. The van der Waals surface area contributed by atoms with E-state index in [4.69, 9.17) is 37.9 Å². The van der Waals surface area contributed by atoms with Gasteiger partial charge in [0, 0.05) is 18.9 Å². The molecule has 0 atom stereocenters. The van der Waals surface area contributed by atoms with E-state index in [-0.39, 0.29) is 0 Å². The Morgan fingerprint density at radius 3 is 1.53 bits per heavy atom. The van der Waals surface area contributed by atoms with Crippen LogP contribution in [0.3, 0.4) is 0 Å². The highest BCUT2D eigenvalue weighted by atomic mass is 79.9. The molecule has 0 aliphatic rings. The summed E-state index contributed by atoms with van der Waals surface area (Å²) in [6.07, 6.45) is 2.79. The molecule has 1 aromatic heterocycles. The first-order chi connectivity index (χ1) is 17.4. The second kappa shape index (κ2) is 21.5. The number of hydrogen-bond donors (Lipinski definition) is 1. The number of amides is 1. The van der Waals surface area contributed by atoms with Crippen molar-refractivity contribution in [2.75, 3.05) is 92.4 Å². The summed E-state index contributed by atoms with van der Waals surface area (Å²) in [4.78, 5) is 19.5. The van der Waals surface area contributed by atoms with Gasteiger partial charge in [-0.25, -0.2) is 14.8 Å². The lowest BCUT2D eigenvalue weighted by Gasteiger charge is -2.19. The van der Waals surface area contributed by atoms with Gasteiger partial charge in [-0.15, -0.1) is 0 Å². The van der Waals surface area contributed by atoms with Crippen LogP contribution in [0.4, 0.5) is 4.79 Å². The molecule has 0 unspecified atom stereocenters. The summed E-state index contributed by atoms with van der Waals surface area (Å²) in [6.45, 7) is 11.8. The molecule has 0 aliphatic heterocycles. The van der Waals surface area contributed by atoms with Gasteiger partial charge in [0.1, 0.15) is 12.2 Å². The van der Waals surface area contributed by atoms with Crippen molar-refractivity contribution in [1.29, 1.82) is 0 Å². The predicted octanol–water partition coefficient (Wildman–Crippen LogP) is 2.24. The number of alkyl carbamates (subject to hydrolysis) is 1. The maximum atomic E-state index is 11.4. The van der Waals surface area contributed by atoms with E-state index >= 15 is 0 Å². The fourth-order valence-electron chi connectivity index (χ4n) is 2.31. The SMILES string of the molecule is CC(C)(C)OC(=O)NCCOCCOCCOCCOCCOCCOCCOc1ncc(Br)cn1. The molecule has 0 fully saturated rings. The quantitative estimate of drug-likeness (QED) is 0.202. The number of ether oxygens (including phenoxy) is 8. The molecular formula is C23H40BrN3O9. The van der Waals surface area contributed by atoms with Crippen LogP contribution in [0.1, 0.15) is 20.8 Å². The molecule has 0 spiro atoms. The van der Waals surface area contributed by atoms with Crippen LogP contribution in [0.25, 0.3) is 0 Å². The summed E-state index contributed by atoms with van der Waals surface area (Å²) in [5.74, 6) is 0. The molecule has 1 aromatic rings. The van der Waals surface area contributed by atoms with E-state index in [2.05, 4.69) is 31.2 Å². The molecule has 36 heavy (non-hydrogen) atoms. The third kappa shape index (κ3) is 21.7. The number of carbonyl (C=O) groups is 1. The highest BCUT2D eigenvalue weighted by Crippen LogP contribution is 2.08. The van der Waals surface area contributed by atoms with Gasteiger partial charge in [-0.3, -0.25) is 0 Å². The summed E-state index contributed by atoms with van der Waals surface area (Å²) in [5, 5.41) is 2.62. The van der Waals surface area contributed by atoms with E-state index in [1.54, 1.807) is 12.4 Å². The molecule has 1 rings (SSSR count). The molecule has 0 aromatic carbocycles. The van der Waals surface area contributed by atoms with Gasteiger partial charge in [0.05, 0.1) is 83.8 Å². The first-order valence-corrected chi connectivity index (χ1v) is 12.7. The minimum Gasteiger partial charge on any atom is -0.461 e. The molecule has 1 N–H and O–H groups in total. The second-order valence-corrected chi connectivity index (χ2v) is 9.05. The molecule has 0 saturated carbocycles. The lowest BCUT2D eigenvalue weighted by Crippen LogP contribution is -2.34. The van der Waals surface area contributed by atoms with Crippen LogP contribution in [0, 0.1) is 0 Å². The summed E-state index contributed by atoms with van der Waals surface area (Å²) in [6, 6.07) is 0.319. The minimum atomic E-state index is -0.507. The number of halogens is 1. The number of nitrogens with zero attached hydrogens (tertiary/aromatic N) is 2. The van der Waals surface area contributed by atoms with Crippen LogP contribution in [0.2, 0.25) is 0 Å². The van der Waals surface area contributed by atoms with Gasteiger partial charge in [0.25, 0.3) is 0 Å². The van der Waals surface area contributed by atoms with Gasteiger partial charge in [-0.1, -0.05) is 0 Å². The van der Waals surface area contributed by atoms with Crippen LogP contribution < -0.4 is 10.1 Å². The van der Waals surface area contributed by atoms with Crippen molar-refractivity contribution in [1.82, 2.24) is 15.3 Å². The smallest absolute Gasteiger partial charge is 0.407 e. The van der Waals surface area contributed by atoms with E-state index in [1.807, 2.05) is 20.8 Å². The van der Waals surface area contributed by atoms with Gasteiger partial charge in [0.2, 0.25) is 0 Å². The lowest BCUT2D eigenvalue weighted by atomic mass is 10.2. The lowest BCUT2D eigenvalue weighted by molar-refractivity contribution is -0.0178. The topological polar surface area (TPSA) is 129 Å². The third-order valence-electron chi connectivity index (χ3n) is 3.83. The number of hydrogen-bond acceptors (Lipinski definition) is 11. The van der Waals surface area contributed by atoms with Crippen LogP contribution in [0.5, 0.6) is 6.01 Å². The fraction of sp³-hybridized carbons (Fsp3) is 0.783. The Bertz CT molecular complexity index is 663. The van der Waals surface area contributed by atoms with Crippen molar-refractivity contribution in [2.45, 2.75) is 26.4 Å². The number of rotatable bonds is 22. The zero-order chi connectivity index (χ0) is 26.3. The highest BCUT2D eigenvalue weighted by Gasteiger charge is 2.15. The van der Waals surface area contributed by atoms with Crippen LogP contribution in [-0.4, -0.2) is 114 Å². The second-order valence-electron chi connectivity index (χ2n) is 8.14. The zero-order valence-electron chi connectivity index (χ0n) is 21.5. The molecule has 13 heteroatoms. The van der Waals surface area contributed by atoms with Crippen molar-refractivity contribution in [2.24, 2.45) is 0 Å². The number of aromatic nitrogens is 2. The summed E-state index contributed by atoms with van der Waals surface area (Å²) in [7, 11) is 0. The standard InChI is InChI=1S/C23H40BrN3O9/c1-23(2,3)36-22(28)25-4-5-29-6-7-30-8-9-31-10-11-32-12-13-33-14-15-34-16-17-35-21-26-18-20(24)19-27-21/h18-19H,4-17H2,1-3H3,(H,25,28). The van der Waals surface area contributed by atoms with E-state index < -0.39 is 11.7 Å². The van der Waals surface area contributed by atoms with Crippen molar-refractivity contribution in [3.05, 3.63) is 16.9 Å². The Labute approximate surface area is 221 Å². The van der Waals surface area contributed by atoms with Crippen molar-refractivity contribution in [3.63, 3.8) is 0 Å². The van der Waals surface area contributed by atoms with Crippen molar-refractivity contribution >= 4 is 22.0 Å². The normalized spacial score (nSPS) is 11.4. The number of nitrogens with one attached hydrogen (secondary N) is 1. The van der Waals surface area contributed by atoms with Crippen molar-refractivity contribution < 1.29 is 42.7 Å². The van der Waals surface area contributed by atoms with Crippen molar-refractivity contribution in [3.8, 4) is 6.01 Å². The first kappa shape index (κ1) is 32.4. The molecule has 0 radical (unpaired) electrons. The van der Waals surface area contributed by atoms with Gasteiger partial charge in [-0.2, -0.15) is 0 Å². The highest BCUT2D eigenvalue weighted by molar-refractivity contribution is 9.10. The Morgan fingerprint density at radius 2 is 1.11 bits per heavy atom. The average Bonchev–Trinajstić information content (AvgIpc) is 2.82. The van der Waals surface area contributed by atoms with E-state index in [0.717, 1.165) is 4.47 Å². The zero-order valence-corrected chi connectivity index (χ0v) is 23.1. The molecule has 1 amide bonds. The maximum Gasteiger partial charge on any atom is 0.407 e. The third-order valence-corrected chi connectivity index (χ3v) is 4.24. The maximum absolute atomic E-state index is 11.4. The molecule has 0 aliphatic carbocycles. The fourth-order valence-corrected chi connectivity index (χ4v) is 2.51. The van der Waals surface area contributed by atoms with Crippen LogP contribution in [-0.2, 0) is 33.2 Å². The molecule has 12 nitrogen and oxygen atoms in total. The summed E-state index contributed by atoms with van der Waals surface area (Å²) in [5.41, 5.74) is -0.507. The van der Waals surface area contributed by atoms with Gasteiger partial charge >= 0.3 is 12.1 Å². The Balaban J connectivity index is 1.70. The Morgan fingerprint density at radius 1 is 0.722 bits per heavy atom.